The molecule has 2 aromatic rings. The molecular formula is C15H22N6S. The van der Waals surface area contributed by atoms with Crippen molar-refractivity contribution in [2.75, 3.05) is 31.1 Å². The van der Waals surface area contributed by atoms with Crippen molar-refractivity contribution in [3.8, 4) is 0 Å². The molecular weight excluding hydrogens is 296 g/mol. The molecule has 0 unspecified atom stereocenters. The quantitative estimate of drug-likeness (QED) is 0.861. The largest absolute Gasteiger partial charge is 0.346 e. The second-order valence-electron chi connectivity index (χ2n) is 5.53. The van der Waals surface area contributed by atoms with E-state index in [0.717, 1.165) is 55.7 Å². The van der Waals surface area contributed by atoms with E-state index in [0.29, 0.717) is 6.04 Å². The van der Waals surface area contributed by atoms with Crippen molar-refractivity contribution < 1.29 is 0 Å². The minimum Gasteiger partial charge on any atom is -0.346 e. The SMILES string of the molecule is CCc1nsc(N2CCCN([C@H](C)c3cnccn3)CC2)n1. The molecule has 0 saturated carbocycles. The van der Waals surface area contributed by atoms with Gasteiger partial charge in [-0.3, -0.25) is 14.9 Å². The van der Waals surface area contributed by atoms with Gasteiger partial charge in [-0.25, -0.2) is 4.98 Å². The topological polar surface area (TPSA) is 58.0 Å². The minimum atomic E-state index is 0.300. The van der Waals surface area contributed by atoms with Crippen LogP contribution in [-0.4, -0.2) is 50.4 Å². The van der Waals surface area contributed by atoms with Crippen LogP contribution in [0.3, 0.4) is 0 Å². The van der Waals surface area contributed by atoms with Crippen LogP contribution in [0.1, 0.15) is 37.8 Å². The lowest BCUT2D eigenvalue weighted by molar-refractivity contribution is 0.222. The summed E-state index contributed by atoms with van der Waals surface area (Å²) in [5.41, 5.74) is 1.04. The molecule has 6 nitrogen and oxygen atoms in total. The maximum absolute atomic E-state index is 4.61. The summed E-state index contributed by atoms with van der Waals surface area (Å²) in [5.74, 6) is 0.953. The predicted octanol–water partition coefficient (Wildman–Crippen LogP) is 2.16. The molecule has 0 bridgehead atoms. The number of rotatable bonds is 4. The number of nitrogens with zero attached hydrogens (tertiary/aromatic N) is 6. The first-order chi connectivity index (χ1) is 10.8. The Hall–Kier alpha value is -1.60. The van der Waals surface area contributed by atoms with E-state index in [1.54, 1.807) is 12.4 Å². The average Bonchev–Trinajstić information content (AvgIpc) is 2.92. The fraction of sp³-hybridized carbons (Fsp3) is 0.600. The Morgan fingerprint density at radius 2 is 2.14 bits per heavy atom. The highest BCUT2D eigenvalue weighted by molar-refractivity contribution is 7.09. The Balaban J connectivity index is 1.64. The zero-order valence-electron chi connectivity index (χ0n) is 13.1. The van der Waals surface area contributed by atoms with E-state index in [4.69, 9.17) is 0 Å². The van der Waals surface area contributed by atoms with E-state index in [-0.39, 0.29) is 0 Å². The zero-order valence-corrected chi connectivity index (χ0v) is 14.0. The Morgan fingerprint density at radius 3 is 2.86 bits per heavy atom. The molecule has 3 rings (SSSR count). The summed E-state index contributed by atoms with van der Waals surface area (Å²) in [6.45, 7) is 8.43. The first kappa shape index (κ1) is 15.3. The monoisotopic (exact) mass is 318 g/mol. The zero-order chi connectivity index (χ0) is 15.4. The van der Waals surface area contributed by atoms with Crippen molar-refractivity contribution in [3.05, 3.63) is 30.1 Å². The van der Waals surface area contributed by atoms with Crippen LogP contribution >= 0.6 is 11.5 Å². The average molecular weight is 318 g/mol. The smallest absolute Gasteiger partial charge is 0.205 e. The van der Waals surface area contributed by atoms with Gasteiger partial charge in [0.15, 0.2) is 0 Å². The minimum absolute atomic E-state index is 0.300. The molecule has 3 heterocycles. The van der Waals surface area contributed by atoms with Crippen molar-refractivity contribution in [1.29, 1.82) is 0 Å². The molecule has 0 amide bonds. The van der Waals surface area contributed by atoms with E-state index in [1.807, 2.05) is 6.20 Å². The van der Waals surface area contributed by atoms with Crippen LogP contribution in [0.15, 0.2) is 18.6 Å². The highest BCUT2D eigenvalue weighted by Crippen LogP contribution is 2.23. The third-order valence-electron chi connectivity index (χ3n) is 4.13. The molecule has 1 aliphatic rings. The van der Waals surface area contributed by atoms with E-state index >= 15 is 0 Å². The first-order valence-electron chi connectivity index (χ1n) is 7.85. The summed E-state index contributed by atoms with van der Waals surface area (Å²) in [6, 6.07) is 0.300. The van der Waals surface area contributed by atoms with E-state index in [9.17, 15) is 0 Å². The molecule has 7 heteroatoms. The molecule has 22 heavy (non-hydrogen) atoms. The van der Waals surface area contributed by atoms with Crippen LogP contribution in [0, 0.1) is 0 Å². The van der Waals surface area contributed by atoms with Crippen LogP contribution < -0.4 is 4.90 Å². The third-order valence-corrected chi connectivity index (χ3v) is 4.95. The van der Waals surface area contributed by atoms with E-state index in [2.05, 4.69) is 43.0 Å². The Kier molecular flexibility index (Phi) is 4.94. The van der Waals surface area contributed by atoms with E-state index < -0.39 is 0 Å². The summed E-state index contributed by atoms with van der Waals surface area (Å²) >= 11 is 1.52. The first-order valence-corrected chi connectivity index (χ1v) is 8.62. The highest BCUT2D eigenvalue weighted by Gasteiger charge is 2.22. The summed E-state index contributed by atoms with van der Waals surface area (Å²) in [5, 5.41) is 1.06. The number of hydrogen-bond donors (Lipinski definition) is 0. The van der Waals surface area contributed by atoms with Gasteiger partial charge in [0.05, 0.1) is 11.7 Å². The van der Waals surface area contributed by atoms with Gasteiger partial charge in [-0.1, -0.05) is 6.92 Å². The van der Waals surface area contributed by atoms with Crippen LogP contribution in [-0.2, 0) is 6.42 Å². The Bertz CT molecular complexity index is 587. The van der Waals surface area contributed by atoms with Gasteiger partial charge in [-0.15, -0.1) is 0 Å². The number of anilines is 1. The van der Waals surface area contributed by atoms with Gasteiger partial charge in [-0.05, 0) is 13.3 Å². The number of aromatic nitrogens is 4. The molecule has 0 radical (unpaired) electrons. The van der Waals surface area contributed by atoms with Gasteiger partial charge in [0.2, 0.25) is 5.13 Å². The van der Waals surface area contributed by atoms with Gasteiger partial charge in [0.25, 0.3) is 0 Å². The van der Waals surface area contributed by atoms with Crippen molar-refractivity contribution >= 4 is 16.7 Å². The molecule has 1 atom stereocenters. The molecule has 1 aliphatic heterocycles. The normalized spacial score (nSPS) is 18.2. The molecule has 0 aliphatic carbocycles. The van der Waals surface area contributed by atoms with Crippen molar-refractivity contribution in [1.82, 2.24) is 24.2 Å². The summed E-state index contributed by atoms with van der Waals surface area (Å²) in [7, 11) is 0. The maximum Gasteiger partial charge on any atom is 0.205 e. The molecule has 1 fully saturated rings. The fourth-order valence-corrected chi connectivity index (χ4v) is 3.55. The van der Waals surface area contributed by atoms with E-state index in [1.165, 1.54) is 11.5 Å². The van der Waals surface area contributed by atoms with Crippen LogP contribution in [0.4, 0.5) is 5.13 Å². The van der Waals surface area contributed by atoms with Gasteiger partial charge in [0, 0.05) is 62.7 Å². The van der Waals surface area contributed by atoms with Gasteiger partial charge in [0.1, 0.15) is 5.82 Å². The maximum atomic E-state index is 4.61. The standard InChI is InChI=1S/C15H22N6S/c1-3-14-18-15(22-19-14)21-8-4-7-20(9-10-21)12(2)13-11-16-5-6-17-13/h5-6,11-12H,3-4,7-10H2,1-2H3/t12-/m1/s1. The Labute approximate surface area is 135 Å². The van der Waals surface area contributed by atoms with Crippen molar-refractivity contribution in [2.24, 2.45) is 0 Å². The lowest BCUT2D eigenvalue weighted by Crippen LogP contribution is -2.32. The van der Waals surface area contributed by atoms with Gasteiger partial charge >= 0.3 is 0 Å². The third kappa shape index (κ3) is 3.41. The second-order valence-corrected chi connectivity index (χ2v) is 6.26. The molecule has 0 spiro atoms. The molecule has 2 aromatic heterocycles. The fourth-order valence-electron chi connectivity index (χ4n) is 2.75. The van der Waals surface area contributed by atoms with Gasteiger partial charge in [-0.2, -0.15) is 4.37 Å². The van der Waals surface area contributed by atoms with Gasteiger partial charge < -0.3 is 4.90 Å². The Morgan fingerprint density at radius 1 is 1.23 bits per heavy atom. The van der Waals surface area contributed by atoms with Crippen molar-refractivity contribution in [3.63, 3.8) is 0 Å². The molecule has 0 N–H and O–H groups in total. The number of aryl methyl sites for hydroxylation is 1. The lowest BCUT2D eigenvalue weighted by Gasteiger charge is -2.27. The molecule has 0 aromatic carbocycles. The second kappa shape index (κ2) is 7.11. The summed E-state index contributed by atoms with van der Waals surface area (Å²) < 4.78 is 4.40. The van der Waals surface area contributed by atoms with Crippen LogP contribution in [0.2, 0.25) is 0 Å². The van der Waals surface area contributed by atoms with Crippen LogP contribution in [0.5, 0.6) is 0 Å². The predicted molar refractivity (Wildman–Crippen MR) is 88.1 cm³/mol. The highest BCUT2D eigenvalue weighted by atomic mass is 32.1. The summed E-state index contributed by atoms with van der Waals surface area (Å²) in [6.07, 6.45) is 7.39. The van der Waals surface area contributed by atoms with Crippen LogP contribution in [0.25, 0.3) is 0 Å². The summed E-state index contributed by atoms with van der Waals surface area (Å²) in [4.78, 5) is 18.1. The number of hydrogen-bond acceptors (Lipinski definition) is 7. The molecule has 118 valence electrons. The molecule has 1 saturated heterocycles. The van der Waals surface area contributed by atoms with Crippen molar-refractivity contribution in [2.45, 2.75) is 32.7 Å². The lowest BCUT2D eigenvalue weighted by atomic mass is 10.2.